The number of unbranched alkanes of at least 4 members (excludes halogenated alkanes) is 1. The van der Waals surface area contributed by atoms with E-state index >= 15 is 0 Å². The minimum absolute atomic E-state index is 0.526. The van der Waals surface area contributed by atoms with Gasteiger partial charge in [0.15, 0.2) is 0 Å². The van der Waals surface area contributed by atoms with E-state index in [1.807, 2.05) is 0 Å². The summed E-state index contributed by atoms with van der Waals surface area (Å²) >= 11 is 0. The van der Waals surface area contributed by atoms with Crippen LogP contribution >= 0.6 is 0 Å². The van der Waals surface area contributed by atoms with Gasteiger partial charge in [-0.25, -0.2) is 0 Å². The van der Waals surface area contributed by atoms with Crippen LogP contribution in [0.2, 0.25) is 0 Å². The molecule has 1 aliphatic carbocycles. The van der Waals surface area contributed by atoms with Crippen LogP contribution in [0.3, 0.4) is 0 Å². The summed E-state index contributed by atoms with van der Waals surface area (Å²) < 4.78 is 5.66. The van der Waals surface area contributed by atoms with Crippen LogP contribution in [-0.2, 0) is 4.74 Å². The van der Waals surface area contributed by atoms with Crippen LogP contribution in [0.1, 0.15) is 71.6 Å². The molecule has 1 saturated carbocycles. The highest BCUT2D eigenvalue weighted by atomic mass is 16.5. The van der Waals surface area contributed by atoms with E-state index < -0.39 is 0 Å². The lowest BCUT2D eigenvalue weighted by Crippen LogP contribution is -2.11. The maximum atomic E-state index is 5.66. The molecule has 0 radical (unpaired) electrons. The first-order valence-electron chi connectivity index (χ1n) is 6.98. The standard InChI is InChI=1S/C14H28O/c1-3-14(15-4-2)12-8-7-11-13-9-5-6-10-13/h13-14H,3-12H2,1-2H3. The molecule has 0 spiro atoms. The second-order valence-corrected chi connectivity index (χ2v) is 4.92. The zero-order chi connectivity index (χ0) is 10.9. The molecule has 1 unspecified atom stereocenters. The molecule has 0 bridgehead atoms. The fraction of sp³-hybridized carbons (Fsp3) is 1.00. The Hall–Kier alpha value is -0.0400. The maximum Gasteiger partial charge on any atom is 0.0572 e. The van der Waals surface area contributed by atoms with Crippen LogP contribution < -0.4 is 0 Å². The molecule has 0 aliphatic heterocycles. The number of rotatable bonds is 8. The van der Waals surface area contributed by atoms with Crippen molar-refractivity contribution in [1.82, 2.24) is 0 Å². The zero-order valence-electron chi connectivity index (χ0n) is 10.6. The molecule has 1 atom stereocenters. The van der Waals surface area contributed by atoms with Crippen molar-refractivity contribution in [3.05, 3.63) is 0 Å². The Morgan fingerprint density at radius 3 is 2.47 bits per heavy atom. The van der Waals surface area contributed by atoms with Gasteiger partial charge in [-0.1, -0.05) is 51.9 Å². The summed E-state index contributed by atoms with van der Waals surface area (Å²) in [6.07, 6.45) is 13.2. The van der Waals surface area contributed by atoms with Gasteiger partial charge in [0, 0.05) is 6.61 Å². The van der Waals surface area contributed by atoms with Crippen molar-refractivity contribution >= 4 is 0 Å². The van der Waals surface area contributed by atoms with Gasteiger partial charge in [-0.15, -0.1) is 0 Å². The van der Waals surface area contributed by atoms with E-state index in [1.54, 1.807) is 0 Å². The first-order chi connectivity index (χ1) is 7.36. The smallest absolute Gasteiger partial charge is 0.0572 e. The molecule has 1 rings (SSSR count). The van der Waals surface area contributed by atoms with E-state index in [4.69, 9.17) is 4.74 Å². The summed E-state index contributed by atoms with van der Waals surface area (Å²) in [5, 5.41) is 0. The highest BCUT2D eigenvalue weighted by molar-refractivity contribution is 4.67. The van der Waals surface area contributed by atoms with Crippen molar-refractivity contribution in [1.29, 1.82) is 0 Å². The molecule has 1 heteroatoms. The lowest BCUT2D eigenvalue weighted by molar-refractivity contribution is 0.0521. The minimum Gasteiger partial charge on any atom is -0.379 e. The fourth-order valence-electron chi connectivity index (χ4n) is 2.75. The predicted molar refractivity (Wildman–Crippen MR) is 66.1 cm³/mol. The third-order valence-corrected chi connectivity index (χ3v) is 3.72. The number of ether oxygens (including phenoxy) is 1. The summed E-state index contributed by atoms with van der Waals surface area (Å²) in [6, 6.07) is 0. The number of hydrogen-bond donors (Lipinski definition) is 0. The molecular formula is C14H28O. The summed E-state index contributed by atoms with van der Waals surface area (Å²) in [5.74, 6) is 1.07. The summed E-state index contributed by atoms with van der Waals surface area (Å²) in [5.41, 5.74) is 0. The van der Waals surface area contributed by atoms with E-state index in [1.165, 1.54) is 57.8 Å². The molecule has 0 heterocycles. The Kier molecular flexibility index (Phi) is 7.08. The highest BCUT2D eigenvalue weighted by Gasteiger charge is 2.14. The summed E-state index contributed by atoms with van der Waals surface area (Å²) in [6.45, 7) is 5.21. The Morgan fingerprint density at radius 2 is 1.87 bits per heavy atom. The van der Waals surface area contributed by atoms with E-state index in [9.17, 15) is 0 Å². The molecule has 1 nitrogen and oxygen atoms in total. The van der Waals surface area contributed by atoms with Gasteiger partial charge in [0.2, 0.25) is 0 Å². The highest BCUT2D eigenvalue weighted by Crippen LogP contribution is 2.29. The molecule has 1 fully saturated rings. The van der Waals surface area contributed by atoms with Gasteiger partial charge in [0.05, 0.1) is 6.10 Å². The normalized spacial score (nSPS) is 19.6. The summed E-state index contributed by atoms with van der Waals surface area (Å²) in [7, 11) is 0. The van der Waals surface area contributed by atoms with Gasteiger partial charge in [-0.05, 0) is 25.7 Å². The van der Waals surface area contributed by atoms with Crippen molar-refractivity contribution in [3.63, 3.8) is 0 Å². The van der Waals surface area contributed by atoms with Gasteiger partial charge in [-0.3, -0.25) is 0 Å². The van der Waals surface area contributed by atoms with Crippen molar-refractivity contribution in [2.24, 2.45) is 5.92 Å². The molecule has 0 N–H and O–H groups in total. The molecule has 0 amide bonds. The molecule has 15 heavy (non-hydrogen) atoms. The van der Waals surface area contributed by atoms with Gasteiger partial charge >= 0.3 is 0 Å². The largest absolute Gasteiger partial charge is 0.379 e. The van der Waals surface area contributed by atoms with Crippen LogP contribution in [0.5, 0.6) is 0 Å². The molecule has 0 aromatic heterocycles. The topological polar surface area (TPSA) is 9.23 Å². The third kappa shape index (κ3) is 5.55. The van der Waals surface area contributed by atoms with Crippen LogP contribution in [-0.4, -0.2) is 12.7 Å². The van der Waals surface area contributed by atoms with E-state index in [-0.39, 0.29) is 0 Å². The van der Waals surface area contributed by atoms with Crippen molar-refractivity contribution in [2.45, 2.75) is 77.7 Å². The average molecular weight is 212 g/mol. The van der Waals surface area contributed by atoms with Crippen LogP contribution in [0.25, 0.3) is 0 Å². The maximum absolute atomic E-state index is 5.66. The zero-order valence-corrected chi connectivity index (χ0v) is 10.6. The Bertz CT molecular complexity index is 138. The Labute approximate surface area is 95.6 Å². The van der Waals surface area contributed by atoms with Crippen LogP contribution in [0, 0.1) is 5.92 Å². The lowest BCUT2D eigenvalue weighted by Gasteiger charge is -2.15. The van der Waals surface area contributed by atoms with E-state index in [0.29, 0.717) is 6.10 Å². The number of hydrogen-bond acceptors (Lipinski definition) is 1. The Balaban J connectivity index is 1.94. The van der Waals surface area contributed by atoms with E-state index in [0.717, 1.165) is 12.5 Å². The molecule has 0 aromatic rings. The SMILES string of the molecule is CCOC(CC)CCCCC1CCCC1. The molecule has 90 valence electrons. The van der Waals surface area contributed by atoms with Crippen molar-refractivity contribution in [2.75, 3.05) is 6.61 Å². The molecule has 0 aromatic carbocycles. The van der Waals surface area contributed by atoms with Gasteiger partial charge in [0.1, 0.15) is 0 Å². The predicted octanol–water partition coefficient (Wildman–Crippen LogP) is 4.55. The fourth-order valence-corrected chi connectivity index (χ4v) is 2.75. The van der Waals surface area contributed by atoms with Crippen LogP contribution in [0.15, 0.2) is 0 Å². The quantitative estimate of drug-likeness (QED) is 0.536. The molecule has 0 saturated heterocycles. The summed E-state index contributed by atoms with van der Waals surface area (Å²) in [4.78, 5) is 0. The second-order valence-electron chi connectivity index (χ2n) is 4.92. The Morgan fingerprint density at radius 1 is 1.13 bits per heavy atom. The monoisotopic (exact) mass is 212 g/mol. The first kappa shape index (κ1) is 13.0. The van der Waals surface area contributed by atoms with Gasteiger partial charge < -0.3 is 4.74 Å². The minimum atomic E-state index is 0.526. The van der Waals surface area contributed by atoms with Crippen molar-refractivity contribution < 1.29 is 4.74 Å². The lowest BCUT2D eigenvalue weighted by atomic mass is 9.99. The van der Waals surface area contributed by atoms with Gasteiger partial charge in [0.25, 0.3) is 0 Å². The van der Waals surface area contributed by atoms with E-state index in [2.05, 4.69) is 13.8 Å². The third-order valence-electron chi connectivity index (χ3n) is 3.72. The first-order valence-corrected chi connectivity index (χ1v) is 6.98. The molecular weight excluding hydrogens is 184 g/mol. The second kappa shape index (κ2) is 8.15. The van der Waals surface area contributed by atoms with Crippen LogP contribution in [0.4, 0.5) is 0 Å². The van der Waals surface area contributed by atoms with Crippen molar-refractivity contribution in [3.8, 4) is 0 Å². The van der Waals surface area contributed by atoms with Gasteiger partial charge in [-0.2, -0.15) is 0 Å². The average Bonchev–Trinajstić information content (AvgIpc) is 2.75. The molecule has 1 aliphatic rings.